The lowest BCUT2D eigenvalue weighted by Crippen LogP contribution is -2.24. The van der Waals surface area contributed by atoms with E-state index in [2.05, 4.69) is 20.6 Å². The number of halogens is 1. The first kappa shape index (κ1) is 17.2. The fourth-order valence-electron chi connectivity index (χ4n) is 2.72. The Bertz CT molecular complexity index is 1120. The highest BCUT2D eigenvalue weighted by atomic mass is 35.5. The third-order valence-electron chi connectivity index (χ3n) is 4.20. The maximum Gasteiger partial charge on any atom is 0.253 e. The van der Waals surface area contributed by atoms with E-state index in [1.165, 1.54) is 5.56 Å². The molecule has 6 nitrogen and oxygen atoms in total. The molecule has 2 aromatic heterocycles. The van der Waals surface area contributed by atoms with Crippen molar-refractivity contribution in [2.45, 2.75) is 13.5 Å². The Labute approximate surface area is 160 Å². The summed E-state index contributed by atoms with van der Waals surface area (Å²) in [5, 5.41) is 16.1. The van der Waals surface area contributed by atoms with Gasteiger partial charge in [-0.05, 0) is 31.2 Å². The molecule has 0 aliphatic heterocycles. The van der Waals surface area contributed by atoms with E-state index in [1.807, 2.05) is 43.3 Å². The average Bonchev–Trinajstić information content (AvgIpc) is 3.09. The van der Waals surface area contributed by atoms with Crippen LogP contribution in [0.5, 0.6) is 0 Å². The number of nitrogens with zero attached hydrogens (tertiary/aromatic N) is 4. The number of benzene rings is 2. The quantitative estimate of drug-likeness (QED) is 0.588. The maximum atomic E-state index is 12.3. The minimum atomic E-state index is -0.271. The zero-order valence-electron chi connectivity index (χ0n) is 14.6. The van der Waals surface area contributed by atoms with Crippen LogP contribution in [0.2, 0.25) is 5.02 Å². The third kappa shape index (κ3) is 3.52. The Morgan fingerprint density at radius 2 is 1.81 bits per heavy atom. The average molecular weight is 378 g/mol. The smallest absolute Gasteiger partial charge is 0.253 e. The molecule has 0 radical (unpaired) electrons. The predicted molar refractivity (Wildman–Crippen MR) is 104 cm³/mol. The van der Waals surface area contributed by atoms with Crippen molar-refractivity contribution in [2.75, 3.05) is 0 Å². The van der Waals surface area contributed by atoms with Crippen LogP contribution in [0.25, 0.3) is 16.9 Å². The lowest BCUT2D eigenvalue weighted by atomic mass is 10.1. The van der Waals surface area contributed by atoms with E-state index in [-0.39, 0.29) is 12.5 Å². The molecule has 0 bridgehead atoms. The Kier molecular flexibility index (Phi) is 4.56. The summed E-state index contributed by atoms with van der Waals surface area (Å²) in [7, 11) is 0. The molecule has 2 heterocycles. The van der Waals surface area contributed by atoms with Crippen LogP contribution < -0.4 is 5.32 Å². The van der Waals surface area contributed by atoms with Gasteiger partial charge < -0.3 is 5.32 Å². The summed E-state index contributed by atoms with van der Waals surface area (Å²) in [6.45, 7) is 2.23. The molecule has 7 heteroatoms. The second-order valence-electron chi connectivity index (χ2n) is 6.13. The molecule has 0 aliphatic carbocycles. The Balaban J connectivity index is 1.59. The second-order valence-corrected chi connectivity index (χ2v) is 6.54. The molecule has 0 saturated carbocycles. The second kappa shape index (κ2) is 7.17. The molecule has 0 aliphatic rings. The van der Waals surface area contributed by atoms with Gasteiger partial charge in [-0.1, -0.05) is 53.6 Å². The monoisotopic (exact) mass is 377 g/mol. The van der Waals surface area contributed by atoms with Gasteiger partial charge in [0.15, 0.2) is 11.5 Å². The zero-order chi connectivity index (χ0) is 18.8. The molecule has 4 rings (SSSR count). The van der Waals surface area contributed by atoms with Crippen molar-refractivity contribution in [3.05, 3.63) is 82.6 Å². The van der Waals surface area contributed by atoms with Crippen molar-refractivity contribution in [1.29, 1.82) is 0 Å². The van der Waals surface area contributed by atoms with Crippen molar-refractivity contribution < 1.29 is 4.79 Å². The first-order chi connectivity index (χ1) is 13.1. The Morgan fingerprint density at radius 3 is 2.59 bits per heavy atom. The summed E-state index contributed by atoms with van der Waals surface area (Å²) in [4.78, 5) is 12.3. The number of hydrogen-bond acceptors (Lipinski definition) is 4. The number of rotatable bonds is 4. The SMILES string of the molecule is Cc1ccc(-c2ccc3nnc(CNC(=O)c4ccccc4Cl)n3n2)cc1. The van der Waals surface area contributed by atoms with Crippen LogP contribution in [0, 0.1) is 6.92 Å². The van der Waals surface area contributed by atoms with Gasteiger partial charge in [0, 0.05) is 5.56 Å². The molecular formula is C20H16ClN5O. The first-order valence-corrected chi connectivity index (χ1v) is 8.81. The highest BCUT2D eigenvalue weighted by Gasteiger charge is 2.13. The van der Waals surface area contributed by atoms with Crippen LogP contribution in [-0.2, 0) is 6.54 Å². The summed E-state index contributed by atoms with van der Waals surface area (Å²) >= 11 is 6.07. The fraction of sp³-hybridized carbons (Fsp3) is 0.100. The van der Waals surface area contributed by atoms with E-state index in [0.717, 1.165) is 11.3 Å². The van der Waals surface area contributed by atoms with Crippen LogP contribution in [-0.4, -0.2) is 25.7 Å². The molecule has 27 heavy (non-hydrogen) atoms. The maximum absolute atomic E-state index is 12.3. The van der Waals surface area contributed by atoms with Crippen molar-refractivity contribution in [3.8, 4) is 11.3 Å². The molecule has 0 unspecified atom stereocenters. The molecule has 0 atom stereocenters. The van der Waals surface area contributed by atoms with Gasteiger partial charge in [0.2, 0.25) is 0 Å². The lowest BCUT2D eigenvalue weighted by Gasteiger charge is -2.06. The number of nitrogens with one attached hydrogen (secondary N) is 1. The topological polar surface area (TPSA) is 72.2 Å². The van der Waals surface area contributed by atoms with Crippen molar-refractivity contribution >= 4 is 23.2 Å². The van der Waals surface area contributed by atoms with Gasteiger partial charge in [-0.25, -0.2) is 0 Å². The van der Waals surface area contributed by atoms with Gasteiger partial charge in [0.05, 0.1) is 22.8 Å². The van der Waals surface area contributed by atoms with E-state index in [4.69, 9.17) is 11.6 Å². The highest BCUT2D eigenvalue weighted by molar-refractivity contribution is 6.33. The first-order valence-electron chi connectivity index (χ1n) is 8.43. The molecule has 0 saturated heterocycles. The van der Waals surface area contributed by atoms with Gasteiger partial charge in [-0.3, -0.25) is 4.79 Å². The summed E-state index contributed by atoms with van der Waals surface area (Å²) in [5.41, 5.74) is 4.03. The zero-order valence-corrected chi connectivity index (χ0v) is 15.3. The molecule has 0 fully saturated rings. The minimum absolute atomic E-state index is 0.190. The Morgan fingerprint density at radius 1 is 1.04 bits per heavy atom. The van der Waals surface area contributed by atoms with E-state index in [0.29, 0.717) is 22.1 Å². The molecule has 4 aromatic rings. The van der Waals surface area contributed by atoms with Crippen molar-refractivity contribution in [1.82, 2.24) is 25.1 Å². The van der Waals surface area contributed by atoms with Crippen LogP contribution in [0.3, 0.4) is 0 Å². The number of aryl methyl sites for hydroxylation is 1. The largest absolute Gasteiger partial charge is 0.345 e. The number of aromatic nitrogens is 4. The van der Waals surface area contributed by atoms with Crippen molar-refractivity contribution in [2.24, 2.45) is 0 Å². The van der Waals surface area contributed by atoms with E-state index < -0.39 is 0 Å². The van der Waals surface area contributed by atoms with Crippen LogP contribution in [0.4, 0.5) is 0 Å². The summed E-state index contributed by atoms with van der Waals surface area (Å²) < 4.78 is 1.64. The molecule has 1 amide bonds. The van der Waals surface area contributed by atoms with Gasteiger partial charge in [0.25, 0.3) is 5.91 Å². The normalized spacial score (nSPS) is 10.9. The van der Waals surface area contributed by atoms with Crippen molar-refractivity contribution in [3.63, 3.8) is 0 Å². The molecule has 1 N–H and O–H groups in total. The lowest BCUT2D eigenvalue weighted by molar-refractivity contribution is 0.0950. The van der Waals surface area contributed by atoms with Crippen LogP contribution >= 0.6 is 11.6 Å². The molecule has 0 spiro atoms. The van der Waals surface area contributed by atoms with Gasteiger partial charge in [-0.2, -0.15) is 9.61 Å². The fourth-order valence-corrected chi connectivity index (χ4v) is 2.94. The number of amides is 1. The number of carbonyl (C=O) groups is 1. The number of fused-ring (bicyclic) bond motifs is 1. The van der Waals surface area contributed by atoms with E-state index in [9.17, 15) is 4.79 Å². The highest BCUT2D eigenvalue weighted by Crippen LogP contribution is 2.18. The Hall–Kier alpha value is -3.25. The standard InChI is InChI=1S/C20H16ClN5O/c1-13-6-8-14(9-7-13)17-10-11-18-23-24-19(26(18)25-17)12-22-20(27)15-4-2-3-5-16(15)21/h2-11H,12H2,1H3,(H,22,27). The van der Waals surface area contributed by atoms with Crippen LogP contribution in [0.1, 0.15) is 21.7 Å². The van der Waals surface area contributed by atoms with E-state index in [1.54, 1.807) is 28.8 Å². The minimum Gasteiger partial charge on any atom is -0.345 e. The number of hydrogen-bond donors (Lipinski definition) is 1. The van der Waals surface area contributed by atoms with Gasteiger partial charge in [0.1, 0.15) is 0 Å². The summed E-state index contributed by atoms with van der Waals surface area (Å²) in [5.74, 6) is 0.270. The van der Waals surface area contributed by atoms with Gasteiger partial charge in [-0.15, -0.1) is 10.2 Å². The van der Waals surface area contributed by atoms with E-state index >= 15 is 0 Å². The molecule has 2 aromatic carbocycles. The molecular weight excluding hydrogens is 362 g/mol. The third-order valence-corrected chi connectivity index (χ3v) is 4.53. The molecule has 134 valence electrons. The predicted octanol–water partition coefficient (Wildman–Crippen LogP) is 3.68. The number of carbonyl (C=O) groups excluding carboxylic acids is 1. The van der Waals surface area contributed by atoms with Crippen LogP contribution in [0.15, 0.2) is 60.7 Å². The van der Waals surface area contributed by atoms with Gasteiger partial charge >= 0.3 is 0 Å². The summed E-state index contributed by atoms with van der Waals surface area (Å²) in [6.07, 6.45) is 0. The summed E-state index contributed by atoms with van der Waals surface area (Å²) in [6, 6.07) is 18.8.